The maximum absolute atomic E-state index is 10.1. The van der Waals surface area contributed by atoms with E-state index in [1.165, 1.54) is 5.69 Å². The van der Waals surface area contributed by atoms with Crippen molar-refractivity contribution < 1.29 is 5.11 Å². The number of nitrogens with one attached hydrogen (secondary N) is 1. The van der Waals surface area contributed by atoms with E-state index in [1.807, 2.05) is 47.0 Å². The van der Waals surface area contributed by atoms with Crippen molar-refractivity contribution in [2.24, 2.45) is 5.92 Å². The molecule has 0 saturated heterocycles. The third-order valence-corrected chi connectivity index (χ3v) is 3.28. The summed E-state index contributed by atoms with van der Waals surface area (Å²) in [5, 5.41) is 13.4. The highest BCUT2D eigenvalue weighted by Crippen LogP contribution is 2.19. The monoisotopic (exact) mass is 236 g/mol. The van der Waals surface area contributed by atoms with Crippen LogP contribution >= 0.6 is 0 Å². The Labute approximate surface area is 104 Å². The zero-order chi connectivity index (χ0) is 13.1. The minimum Gasteiger partial charge on any atom is -0.388 e. The molecule has 1 aromatic carbocycles. The molecule has 0 aliphatic carbocycles. The average molecular weight is 236 g/mol. The van der Waals surface area contributed by atoms with Crippen LogP contribution in [0.5, 0.6) is 0 Å². The lowest BCUT2D eigenvalue weighted by atomic mass is 9.92. The van der Waals surface area contributed by atoms with Crippen molar-refractivity contribution in [1.29, 1.82) is 0 Å². The van der Waals surface area contributed by atoms with Gasteiger partial charge in [-0.25, -0.2) is 0 Å². The van der Waals surface area contributed by atoms with E-state index < -0.39 is 5.60 Å². The first-order chi connectivity index (χ1) is 7.83. The molecule has 0 bridgehead atoms. The number of nitrogens with zero attached hydrogens (tertiary/aromatic N) is 1. The number of aliphatic hydroxyl groups is 1. The smallest absolute Gasteiger partial charge is 0.0813 e. The maximum Gasteiger partial charge on any atom is 0.0813 e. The van der Waals surface area contributed by atoms with Crippen LogP contribution in [0.1, 0.15) is 20.8 Å². The number of hydrogen-bond donors (Lipinski definition) is 2. The lowest BCUT2D eigenvalue weighted by Gasteiger charge is -2.28. The van der Waals surface area contributed by atoms with Crippen molar-refractivity contribution in [2.45, 2.75) is 26.4 Å². The second-order valence-corrected chi connectivity index (χ2v) is 5.31. The minimum absolute atomic E-state index is 0.232. The van der Waals surface area contributed by atoms with Gasteiger partial charge in [-0.3, -0.25) is 0 Å². The number of hydrogen-bond acceptors (Lipinski definition) is 3. The summed E-state index contributed by atoms with van der Waals surface area (Å²) in [5.74, 6) is 0.232. The summed E-state index contributed by atoms with van der Waals surface area (Å²) in [7, 11) is 4.04. The standard InChI is InChI=1S/C14H24N2O/c1-11(2)14(3,17)10-15-12-6-8-13(9-7-12)16(4)5/h6-9,11,15,17H,10H2,1-5H3. The van der Waals surface area contributed by atoms with Crippen molar-refractivity contribution in [3.63, 3.8) is 0 Å². The quantitative estimate of drug-likeness (QED) is 0.825. The van der Waals surface area contributed by atoms with Gasteiger partial charge in [0.1, 0.15) is 0 Å². The third kappa shape index (κ3) is 3.93. The fourth-order valence-corrected chi connectivity index (χ4v) is 1.36. The second kappa shape index (κ2) is 5.41. The van der Waals surface area contributed by atoms with Gasteiger partial charge in [-0.05, 0) is 37.1 Å². The Balaban J connectivity index is 2.59. The summed E-state index contributed by atoms with van der Waals surface area (Å²) in [6.07, 6.45) is 0. The van der Waals surface area contributed by atoms with Crippen molar-refractivity contribution >= 4 is 11.4 Å². The van der Waals surface area contributed by atoms with Crippen molar-refractivity contribution in [1.82, 2.24) is 0 Å². The van der Waals surface area contributed by atoms with Crippen LogP contribution in [0.4, 0.5) is 11.4 Å². The van der Waals surface area contributed by atoms with Crippen LogP contribution in [0.25, 0.3) is 0 Å². The van der Waals surface area contributed by atoms with Crippen LogP contribution in [-0.2, 0) is 0 Å². The molecule has 3 nitrogen and oxygen atoms in total. The van der Waals surface area contributed by atoms with E-state index in [0.29, 0.717) is 6.54 Å². The van der Waals surface area contributed by atoms with E-state index in [2.05, 4.69) is 22.3 Å². The van der Waals surface area contributed by atoms with Crippen molar-refractivity contribution in [3.8, 4) is 0 Å². The summed E-state index contributed by atoms with van der Waals surface area (Å²) in [5.41, 5.74) is 1.53. The molecule has 1 rings (SSSR count). The molecule has 17 heavy (non-hydrogen) atoms. The number of anilines is 2. The molecule has 0 amide bonds. The predicted molar refractivity (Wildman–Crippen MR) is 74.7 cm³/mol. The van der Waals surface area contributed by atoms with Crippen LogP contribution in [0.3, 0.4) is 0 Å². The second-order valence-electron chi connectivity index (χ2n) is 5.31. The molecule has 3 heteroatoms. The third-order valence-electron chi connectivity index (χ3n) is 3.28. The van der Waals surface area contributed by atoms with E-state index in [-0.39, 0.29) is 5.92 Å². The van der Waals surface area contributed by atoms with Gasteiger partial charge in [-0.1, -0.05) is 13.8 Å². The Hall–Kier alpha value is -1.22. The molecule has 0 radical (unpaired) electrons. The zero-order valence-corrected chi connectivity index (χ0v) is 11.5. The first-order valence-corrected chi connectivity index (χ1v) is 6.06. The van der Waals surface area contributed by atoms with Gasteiger partial charge in [-0.2, -0.15) is 0 Å². The van der Waals surface area contributed by atoms with Crippen LogP contribution in [0, 0.1) is 5.92 Å². The summed E-state index contributed by atoms with van der Waals surface area (Å²) in [6.45, 7) is 6.47. The molecule has 0 aliphatic rings. The summed E-state index contributed by atoms with van der Waals surface area (Å²) in [4.78, 5) is 2.06. The number of benzene rings is 1. The number of rotatable bonds is 5. The van der Waals surface area contributed by atoms with Crippen molar-refractivity contribution in [2.75, 3.05) is 30.9 Å². The van der Waals surface area contributed by atoms with Gasteiger partial charge in [0.05, 0.1) is 5.60 Å². The summed E-state index contributed by atoms with van der Waals surface area (Å²) in [6, 6.07) is 8.19. The lowest BCUT2D eigenvalue weighted by molar-refractivity contribution is 0.0266. The molecule has 0 aliphatic heterocycles. The van der Waals surface area contributed by atoms with Crippen molar-refractivity contribution in [3.05, 3.63) is 24.3 Å². The van der Waals surface area contributed by atoms with Gasteiger partial charge >= 0.3 is 0 Å². The normalized spacial score (nSPS) is 14.5. The van der Waals surface area contributed by atoms with E-state index >= 15 is 0 Å². The largest absolute Gasteiger partial charge is 0.388 e. The zero-order valence-electron chi connectivity index (χ0n) is 11.5. The molecule has 1 atom stereocenters. The molecule has 2 N–H and O–H groups in total. The fourth-order valence-electron chi connectivity index (χ4n) is 1.36. The van der Waals surface area contributed by atoms with Gasteiger partial charge in [0.2, 0.25) is 0 Å². The average Bonchev–Trinajstić information content (AvgIpc) is 2.27. The van der Waals surface area contributed by atoms with Gasteiger partial charge < -0.3 is 15.3 Å². The Morgan fingerprint density at radius 1 is 1.24 bits per heavy atom. The first-order valence-electron chi connectivity index (χ1n) is 6.06. The highest BCUT2D eigenvalue weighted by molar-refractivity contribution is 5.54. The highest BCUT2D eigenvalue weighted by atomic mass is 16.3. The molecule has 1 unspecified atom stereocenters. The highest BCUT2D eigenvalue weighted by Gasteiger charge is 2.24. The van der Waals surface area contributed by atoms with Crippen LogP contribution < -0.4 is 10.2 Å². The van der Waals surface area contributed by atoms with E-state index in [9.17, 15) is 5.11 Å². The predicted octanol–water partition coefficient (Wildman–Crippen LogP) is 2.57. The van der Waals surface area contributed by atoms with Gasteiger partial charge in [-0.15, -0.1) is 0 Å². The molecule has 0 fully saturated rings. The summed E-state index contributed by atoms with van der Waals surface area (Å²) < 4.78 is 0. The Morgan fingerprint density at radius 3 is 2.18 bits per heavy atom. The minimum atomic E-state index is -0.680. The van der Waals surface area contributed by atoms with E-state index in [0.717, 1.165) is 5.69 Å². The SMILES string of the molecule is CC(C)C(C)(O)CNc1ccc(N(C)C)cc1. The summed E-state index contributed by atoms with van der Waals surface area (Å²) >= 11 is 0. The fraction of sp³-hybridized carbons (Fsp3) is 0.571. The molecule has 0 spiro atoms. The maximum atomic E-state index is 10.1. The lowest BCUT2D eigenvalue weighted by Crippen LogP contribution is -2.38. The molecular formula is C14H24N2O. The Morgan fingerprint density at radius 2 is 1.76 bits per heavy atom. The van der Waals surface area contributed by atoms with Crippen LogP contribution in [0.2, 0.25) is 0 Å². The Bertz CT molecular complexity index is 342. The molecule has 96 valence electrons. The molecule has 1 aromatic rings. The van der Waals surface area contributed by atoms with Crippen LogP contribution in [0.15, 0.2) is 24.3 Å². The first kappa shape index (κ1) is 13.8. The molecule has 0 heterocycles. The van der Waals surface area contributed by atoms with Gasteiger partial charge in [0.15, 0.2) is 0 Å². The van der Waals surface area contributed by atoms with Crippen LogP contribution in [-0.4, -0.2) is 31.3 Å². The van der Waals surface area contributed by atoms with Gasteiger partial charge in [0.25, 0.3) is 0 Å². The molecule has 0 saturated carbocycles. The molecular weight excluding hydrogens is 212 g/mol. The van der Waals surface area contributed by atoms with E-state index in [1.54, 1.807) is 0 Å². The topological polar surface area (TPSA) is 35.5 Å². The Kier molecular flexibility index (Phi) is 4.40. The van der Waals surface area contributed by atoms with Gasteiger partial charge in [0, 0.05) is 32.0 Å². The molecule has 0 aromatic heterocycles. The van der Waals surface area contributed by atoms with E-state index in [4.69, 9.17) is 0 Å².